The van der Waals surface area contributed by atoms with Crippen molar-refractivity contribution in [2.45, 2.75) is 14.4 Å². The van der Waals surface area contributed by atoms with Crippen LogP contribution in [-0.2, 0) is 0 Å². The Hall–Kier alpha value is 0.0300. The maximum Gasteiger partial charge on any atom is 0.0404 e. The van der Waals surface area contributed by atoms with Gasteiger partial charge in [0.05, 0.1) is 0 Å². The molecule has 38 valence electrons. The van der Waals surface area contributed by atoms with E-state index in [-0.39, 0.29) is 7.43 Å². The Morgan fingerprint density at radius 2 is 2.17 bits per heavy atom. The molecule has 0 aromatic rings. The summed E-state index contributed by atoms with van der Waals surface area (Å²) in [6, 6.07) is 0. The van der Waals surface area contributed by atoms with Gasteiger partial charge in [-0.3, -0.25) is 0 Å². The largest absolute Gasteiger partial charge is 0.122 e. The van der Waals surface area contributed by atoms with Crippen molar-refractivity contribution >= 4 is 11.6 Å². The Labute approximate surface area is 44.8 Å². The molecule has 0 saturated heterocycles. The molecule has 0 radical (unpaired) electrons. The summed E-state index contributed by atoms with van der Waals surface area (Å²) in [5, 5.41) is 0. The van der Waals surface area contributed by atoms with Crippen LogP contribution in [0.25, 0.3) is 0 Å². The number of rotatable bonds is 1. The van der Waals surface area contributed by atoms with E-state index in [1.165, 1.54) is 0 Å². The lowest BCUT2D eigenvalue weighted by molar-refractivity contribution is 1.65. The zero-order valence-corrected chi connectivity index (χ0v) is 4.00. The van der Waals surface area contributed by atoms with Crippen LogP contribution in [0, 0.1) is 0 Å². The zero-order valence-electron chi connectivity index (χ0n) is 3.24. The molecule has 0 saturated carbocycles. The van der Waals surface area contributed by atoms with Gasteiger partial charge in [-0.25, -0.2) is 0 Å². The third-order valence-corrected chi connectivity index (χ3v) is 0.503. The number of hydrogen-bond donors (Lipinski definition) is 0. The summed E-state index contributed by atoms with van der Waals surface area (Å²) in [6.07, 6.45) is 3.81. The highest BCUT2D eigenvalue weighted by molar-refractivity contribution is 6.18. The molecule has 0 N–H and O–H groups in total. The molecule has 0 aromatic carbocycles. The average Bonchev–Trinajstić information content (AvgIpc) is 1.41. The van der Waals surface area contributed by atoms with Crippen LogP contribution in [-0.4, -0.2) is 5.88 Å². The minimum atomic E-state index is 0. The number of alkyl halides is 1. The maximum atomic E-state index is 5.21. The van der Waals surface area contributed by atoms with Crippen molar-refractivity contribution in [1.29, 1.82) is 0 Å². The van der Waals surface area contributed by atoms with Crippen LogP contribution < -0.4 is 0 Å². The minimum Gasteiger partial charge on any atom is -0.122 e. The summed E-state index contributed by atoms with van der Waals surface area (Å²) in [5.41, 5.74) is 0. The van der Waals surface area contributed by atoms with E-state index in [1.54, 1.807) is 0 Å². The standard InChI is InChI=1S/C4H7Cl.CH4/c1-2-3-4-5;/h2-3H,4H2,1H3;1H4. The second kappa shape index (κ2) is 8.90. The van der Waals surface area contributed by atoms with E-state index in [4.69, 9.17) is 11.6 Å². The fourth-order valence-electron chi connectivity index (χ4n) is 0.0891. The summed E-state index contributed by atoms with van der Waals surface area (Å²) in [6.45, 7) is 1.95. The van der Waals surface area contributed by atoms with Crippen molar-refractivity contribution in [2.24, 2.45) is 0 Å². The van der Waals surface area contributed by atoms with Crippen molar-refractivity contribution in [3.8, 4) is 0 Å². The molecular weight excluding hydrogens is 95.5 g/mol. The molecule has 0 spiro atoms. The molecule has 0 rings (SSSR count). The second-order valence-electron chi connectivity index (χ2n) is 0.723. The molecule has 0 fully saturated rings. The van der Waals surface area contributed by atoms with Gasteiger partial charge in [-0.05, 0) is 6.92 Å². The van der Waals surface area contributed by atoms with Gasteiger partial charge in [-0.1, -0.05) is 19.6 Å². The van der Waals surface area contributed by atoms with Crippen LogP contribution in [0.1, 0.15) is 14.4 Å². The van der Waals surface area contributed by atoms with Gasteiger partial charge in [0.2, 0.25) is 0 Å². The highest BCUT2D eigenvalue weighted by Gasteiger charge is 1.54. The van der Waals surface area contributed by atoms with Gasteiger partial charge in [0, 0.05) is 5.88 Å². The van der Waals surface area contributed by atoms with Crippen LogP contribution in [0.2, 0.25) is 0 Å². The van der Waals surface area contributed by atoms with Crippen LogP contribution in [0.5, 0.6) is 0 Å². The molecular formula is C5H11Cl. The fourth-order valence-corrected chi connectivity index (χ4v) is 0.267. The fraction of sp³-hybridized carbons (Fsp3) is 0.600. The van der Waals surface area contributed by atoms with E-state index in [1.807, 2.05) is 19.1 Å². The highest BCUT2D eigenvalue weighted by Crippen LogP contribution is 1.73. The lowest BCUT2D eigenvalue weighted by atomic mass is 10.6. The Morgan fingerprint density at radius 3 is 2.17 bits per heavy atom. The lowest BCUT2D eigenvalue weighted by Gasteiger charge is -1.63. The molecule has 0 atom stereocenters. The normalized spacial score (nSPS) is 8.33. The van der Waals surface area contributed by atoms with Gasteiger partial charge in [-0.2, -0.15) is 0 Å². The Kier molecular flexibility index (Phi) is 13.9. The molecule has 0 bridgehead atoms. The minimum absolute atomic E-state index is 0. The quantitative estimate of drug-likeness (QED) is 0.356. The Balaban J connectivity index is 0. The maximum absolute atomic E-state index is 5.21. The van der Waals surface area contributed by atoms with Gasteiger partial charge in [0.1, 0.15) is 0 Å². The first-order valence-electron chi connectivity index (χ1n) is 1.59. The highest BCUT2D eigenvalue weighted by atomic mass is 35.5. The van der Waals surface area contributed by atoms with E-state index in [2.05, 4.69) is 0 Å². The molecule has 0 amide bonds. The van der Waals surface area contributed by atoms with Gasteiger partial charge in [0.15, 0.2) is 0 Å². The summed E-state index contributed by atoms with van der Waals surface area (Å²) in [4.78, 5) is 0. The molecule has 0 nitrogen and oxygen atoms in total. The van der Waals surface area contributed by atoms with Crippen molar-refractivity contribution < 1.29 is 0 Å². The first-order chi connectivity index (χ1) is 2.41. The third-order valence-electron chi connectivity index (χ3n) is 0.325. The summed E-state index contributed by atoms with van der Waals surface area (Å²) in [5.74, 6) is 0.635. The van der Waals surface area contributed by atoms with Crippen molar-refractivity contribution in [3.63, 3.8) is 0 Å². The average molecular weight is 107 g/mol. The van der Waals surface area contributed by atoms with Crippen LogP contribution >= 0.6 is 11.6 Å². The Morgan fingerprint density at radius 1 is 1.67 bits per heavy atom. The number of hydrogen-bond acceptors (Lipinski definition) is 0. The van der Waals surface area contributed by atoms with Crippen LogP contribution in [0.4, 0.5) is 0 Å². The number of allylic oxidation sites excluding steroid dienone is 2. The van der Waals surface area contributed by atoms with Crippen molar-refractivity contribution in [2.75, 3.05) is 5.88 Å². The van der Waals surface area contributed by atoms with E-state index in [0.29, 0.717) is 5.88 Å². The van der Waals surface area contributed by atoms with Crippen LogP contribution in [0.15, 0.2) is 12.2 Å². The molecule has 0 heterocycles. The number of halogens is 1. The van der Waals surface area contributed by atoms with E-state index in [9.17, 15) is 0 Å². The van der Waals surface area contributed by atoms with Gasteiger partial charge >= 0.3 is 0 Å². The van der Waals surface area contributed by atoms with Crippen LogP contribution in [0.3, 0.4) is 0 Å². The first kappa shape index (κ1) is 9.39. The lowest BCUT2D eigenvalue weighted by Crippen LogP contribution is -1.50. The molecule has 1 heteroatoms. The SMILES string of the molecule is C.CC=CCCl. The molecule has 0 aliphatic carbocycles. The van der Waals surface area contributed by atoms with Crippen molar-refractivity contribution in [1.82, 2.24) is 0 Å². The summed E-state index contributed by atoms with van der Waals surface area (Å²) in [7, 11) is 0. The molecule has 0 unspecified atom stereocenters. The smallest absolute Gasteiger partial charge is 0.0404 e. The second-order valence-corrected chi connectivity index (χ2v) is 1.03. The molecule has 0 aliphatic heterocycles. The monoisotopic (exact) mass is 106 g/mol. The van der Waals surface area contributed by atoms with E-state index < -0.39 is 0 Å². The van der Waals surface area contributed by atoms with E-state index in [0.717, 1.165) is 0 Å². The van der Waals surface area contributed by atoms with E-state index >= 15 is 0 Å². The summed E-state index contributed by atoms with van der Waals surface area (Å²) < 4.78 is 0. The predicted molar refractivity (Wildman–Crippen MR) is 32.3 cm³/mol. The Bertz CT molecular complexity index is 30.9. The van der Waals surface area contributed by atoms with Gasteiger partial charge in [0.25, 0.3) is 0 Å². The zero-order chi connectivity index (χ0) is 4.12. The topological polar surface area (TPSA) is 0 Å². The van der Waals surface area contributed by atoms with Crippen molar-refractivity contribution in [3.05, 3.63) is 12.2 Å². The molecule has 6 heavy (non-hydrogen) atoms. The molecule has 0 aromatic heterocycles. The predicted octanol–water partition coefficient (Wildman–Crippen LogP) is 2.44. The molecule has 0 aliphatic rings. The van der Waals surface area contributed by atoms with Gasteiger partial charge in [-0.15, -0.1) is 11.6 Å². The third kappa shape index (κ3) is 8.98. The first-order valence-corrected chi connectivity index (χ1v) is 2.12. The summed E-state index contributed by atoms with van der Waals surface area (Å²) >= 11 is 5.21. The van der Waals surface area contributed by atoms with Gasteiger partial charge < -0.3 is 0 Å².